The molecule has 0 heterocycles. The zero-order valence-corrected chi connectivity index (χ0v) is 9.77. The molecule has 1 rings (SSSR count). The van der Waals surface area contributed by atoms with E-state index < -0.39 is 23.0 Å². The van der Waals surface area contributed by atoms with Crippen LogP contribution in [0.1, 0.15) is 18.1 Å². The number of alkyl halides is 4. The summed E-state index contributed by atoms with van der Waals surface area (Å²) < 4.78 is 37.8. The van der Waals surface area contributed by atoms with Crippen LogP contribution in [0.15, 0.2) is 24.3 Å². The highest BCUT2D eigenvalue weighted by Crippen LogP contribution is 2.31. The molecular formula is C11H11ClF3NO. The van der Waals surface area contributed by atoms with Gasteiger partial charge in [-0.3, -0.25) is 4.79 Å². The zero-order valence-electron chi connectivity index (χ0n) is 9.01. The molecule has 1 N–H and O–H groups in total. The fourth-order valence-electron chi connectivity index (χ4n) is 1.27. The van der Waals surface area contributed by atoms with E-state index >= 15 is 0 Å². The van der Waals surface area contributed by atoms with Gasteiger partial charge in [0.2, 0.25) is 5.91 Å². The average Bonchev–Trinajstić information content (AvgIpc) is 2.24. The molecular weight excluding hydrogens is 255 g/mol. The molecule has 1 unspecified atom stereocenters. The van der Waals surface area contributed by atoms with Crippen LogP contribution in [0.4, 0.5) is 13.2 Å². The van der Waals surface area contributed by atoms with Crippen molar-refractivity contribution in [3.05, 3.63) is 35.4 Å². The van der Waals surface area contributed by atoms with E-state index in [-0.39, 0.29) is 12.1 Å². The van der Waals surface area contributed by atoms with Crippen LogP contribution < -0.4 is 5.32 Å². The monoisotopic (exact) mass is 265 g/mol. The van der Waals surface area contributed by atoms with Crippen LogP contribution in [-0.2, 0) is 17.5 Å². The smallest absolute Gasteiger partial charge is 0.351 e. The summed E-state index contributed by atoms with van der Waals surface area (Å²) in [5.74, 6) is -0.497. The summed E-state index contributed by atoms with van der Waals surface area (Å²) in [5.41, 5.74) is -0.729. The third-order valence-corrected chi connectivity index (χ3v) is 2.34. The molecule has 2 nitrogen and oxygen atoms in total. The fourth-order valence-corrected chi connectivity index (χ4v) is 1.35. The highest BCUT2D eigenvalue weighted by Gasteiger charge is 2.32. The van der Waals surface area contributed by atoms with Gasteiger partial charge in [0.1, 0.15) is 5.38 Å². The van der Waals surface area contributed by atoms with Gasteiger partial charge in [0.15, 0.2) is 0 Å². The number of benzene rings is 1. The Labute approximate surface area is 102 Å². The molecule has 0 bridgehead atoms. The van der Waals surface area contributed by atoms with Gasteiger partial charge in [0.05, 0.1) is 5.56 Å². The van der Waals surface area contributed by atoms with Crippen molar-refractivity contribution in [2.24, 2.45) is 0 Å². The van der Waals surface area contributed by atoms with Gasteiger partial charge in [0, 0.05) is 6.54 Å². The van der Waals surface area contributed by atoms with E-state index in [2.05, 4.69) is 5.32 Å². The first-order valence-electron chi connectivity index (χ1n) is 4.89. The molecule has 0 radical (unpaired) electrons. The molecule has 94 valence electrons. The minimum Gasteiger partial charge on any atom is -0.351 e. The predicted molar refractivity (Wildman–Crippen MR) is 58.6 cm³/mol. The standard InChI is InChI=1S/C11H11ClF3NO/c1-7(12)10(17)16-6-8-4-2-3-5-9(8)11(13,14)15/h2-5,7H,6H2,1H3,(H,16,17). The summed E-state index contributed by atoms with van der Waals surface area (Å²) >= 11 is 5.49. The van der Waals surface area contributed by atoms with Crippen molar-refractivity contribution in [2.75, 3.05) is 0 Å². The molecule has 0 aliphatic heterocycles. The Balaban J connectivity index is 2.82. The normalized spacial score (nSPS) is 13.2. The topological polar surface area (TPSA) is 29.1 Å². The number of nitrogens with one attached hydrogen (secondary N) is 1. The lowest BCUT2D eigenvalue weighted by Crippen LogP contribution is -2.29. The second-order valence-corrected chi connectivity index (χ2v) is 4.14. The lowest BCUT2D eigenvalue weighted by molar-refractivity contribution is -0.138. The molecule has 0 aromatic heterocycles. The number of hydrogen-bond acceptors (Lipinski definition) is 1. The number of rotatable bonds is 3. The maximum absolute atomic E-state index is 12.6. The van der Waals surface area contributed by atoms with Crippen molar-refractivity contribution in [3.8, 4) is 0 Å². The Bertz CT molecular complexity index is 404. The predicted octanol–water partition coefficient (Wildman–Crippen LogP) is 2.95. The minimum absolute atomic E-state index is 0.0191. The molecule has 1 aromatic carbocycles. The van der Waals surface area contributed by atoms with E-state index in [9.17, 15) is 18.0 Å². The van der Waals surface area contributed by atoms with Crippen molar-refractivity contribution < 1.29 is 18.0 Å². The summed E-state index contributed by atoms with van der Waals surface area (Å²) in [6.45, 7) is 1.26. The summed E-state index contributed by atoms with van der Waals surface area (Å²) in [6.07, 6.45) is -4.42. The average molecular weight is 266 g/mol. The van der Waals surface area contributed by atoms with Crippen LogP contribution in [0.2, 0.25) is 0 Å². The van der Waals surface area contributed by atoms with Crippen molar-refractivity contribution >= 4 is 17.5 Å². The molecule has 0 spiro atoms. The maximum atomic E-state index is 12.6. The van der Waals surface area contributed by atoms with Crippen LogP contribution in [0.3, 0.4) is 0 Å². The third kappa shape index (κ3) is 3.93. The summed E-state index contributed by atoms with van der Waals surface area (Å²) in [6, 6.07) is 5.09. The van der Waals surface area contributed by atoms with Gasteiger partial charge >= 0.3 is 6.18 Å². The number of carbonyl (C=O) groups excluding carboxylic acids is 1. The lowest BCUT2D eigenvalue weighted by atomic mass is 10.1. The second-order valence-electron chi connectivity index (χ2n) is 3.49. The van der Waals surface area contributed by atoms with E-state index in [0.29, 0.717) is 0 Å². The quantitative estimate of drug-likeness (QED) is 0.837. The fraction of sp³-hybridized carbons (Fsp3) is 0.364. The molecule has 1 atom stereocenters. The second kappa shape index (κ2) is 5.40. The van der Waals surface area contributed by atoms with E-state index in [0.717, 1.165) is 6.07 Å². The van der Waals surface area contributed by atoms with Gasteiger partial charge in [-0.15, -0.1) is 11.6 Å². The first kappa shape index (κ1) is 13.8. The highest BCUT2D eigenvalue weighted by molar-refractivity contribution is 6.30. The molecule has 6 heteroatoms. The van der Waals surface area contributed by atoms with E-state index in [1.165, 1.54) is 25.1 Å². The van der Waals surface area contributed by atoms with Gasteiger partial charge in [-0.2, -0.15) is 13.2 Å². The van der Waals surface area contributed by atoms with Gasteiger partial charge in [-0.1, -0.05) is 18.2 Å². The van der Waals surface area contributed by atoms with E-state index in [4.69, 9.17) is 11.6 Å². The molecule has 0 saturated heterocycles. The first-order chi connectivity index (χ1) is 7.82. The third-order valence-electron chi connectivity index (χ3n) is 2.14. The van der Waals surface area contributed by atoms with Crippen molar-refractivity contribution in [1.82, 2.24) is 5.32 Å². The highest BCUT2D eigenvalue weighted by atomic mass is 35.5. The minimum atomic E-state index is -4.42. The van der Waals surface area contributed by atoms with Gasteiger partial charge in [-0.05, 0) is 18.6 Å². The van der Waals surface area contributed by atoms with Crippen LogP contribution in [-0.4, -0.2) is 11.3 Å². The summed E-state index contributed by atoms with van der Waals surface area (Å²) in [5, 5.41) is 1.57. The molecule has 0 saturated carbocycles. The van der Waals surface area contributed by atoms with Crippen molar-refractivity contribution in [2.45, 2.75) is 25.0 Å². The Morgan fingerprint density at radius 2 is 2.00 bits per heavy atom. The molecule has 1 amide bonds. The van der Waals surface area contributed by atoms with Crippen molar-refractivity contribution in [1.29, 1.82) is 0 Å². The van der Waals surface area contributed by atoms with E-state index in [1.807, 2.05) is 0 Å². The Morgan fingerprint density at radius 1 is 1.41 bits per heavy atom. The number of hydrogen-bond donors (Lipinski definition) is 1. The van der Waals surface area contributed by atoms with Gasteiger partial charge < -0.3 is 5.32 Å². The summed E-state index contributed by atoms with van der Waals surface area (Å²) in [7, 11) is 0. The van der Waals surface area contributed by atoms with Crippen LogP contribution in [0.25, 0.3) is 0 Å². The maximum Gasteiger partial charge on any atom is 0.416 e. The van der Waals surface area contributed by atoms with Gasteiger partial charge in [-0.25, -0.2) is 0 Å². The molecule has 17 heavy (non-hydrogen) atoms. The van der Waals surface area contributed by atoms with Crippen LogP contribution >= 0.6 is 11.6 Å². The SMILES string of the molecule is CC(Cl)C(=O)NCc1ccccc1C(F)(F)F. The molecule has 0 aliphatic rings. The number of halogens is 4. The van der Waals surface area contributed by atoms with Crippen molar-refractivity contribution in [3.63, 3.8) is 0 Å². The molecule has 0 fully saturated rings. The summed E-state index contributed by atoms with van der Waals surface area (Å²) in [4.78, 5) is 11.2. The first-order valence-corrected chi connectivity index (χ1v) is 5.33. The number of carbonyl (C=O) groups is 1. The largest absolute Gasteiger partial charge is 0.416 e. The van der Waals surface area contributed by atoms with Crippen LogP contribution in [0.5, 0.6) is 0 Å². The Morgan fingerprint density at radius 3 is 2.53 bits per heavy atom. The van der Waals surface area contributed by atoms with Crippen LogP contribution in [0, 0.1) is 0 Å². The van der Waals surface area contributed by atoms with Gasteiger partial charge in [0.25, 0.3) is 0 Å². The number of amides is 1. The Hall–Kier alpha value is -1.23. The zero-order chi connectivity index (χ0) is 13.1. The molecule has 1 aromatic rings. The Kier molecular flexibility index (Phi) is 4.40. The molecule has 0 aliphatic carbocycles. The lowest BCUT2D eigenvalue weighted by Gasteiger charge is -2.13. The van der Waals surface area contributed by atoms with E-state index in [1.54, 1.807) is 0 Å².